The molecule has 2 aliphatic heterocycles. The van der Waals surface area contributed by atoms with Crippen molar-refractivity contribution in [2.24, 2.45) is 5.92 Å². The summed E-state index contributed by atoms with van der Waals surface area (Å²) in [6, 6.07) is 6.89. The van der Waals surface area contributed by atoms with Crippen molar-refractivity contribution in [2.75, 3.05) is 46.3 Å². The number of nitrogens with zero attached hydrogens (tertiary/aromatic N) is 3. The van der Waals surface area contributed by atoms with Gasteiger partial charge in [0.2, 0.25) is 11.8 Å². The van der Waals surface area contributed by atoms with Gasteiger partial charge in [0.05, 0.1) is 12.5 Å². The molecule has 148 valence electrons. The topological polar surface area (TPSA) is 64.1 Å². The number of likely N-dealkylation sites (tertiary alicyclic amines) is 1. The molecule has 1 atom stereocenters. The van der Waals surface area contributed by atoms with Crippen molar-refractivity contribution in [1.82, 2.24) is 14.7 Å². The molecule has 2 amide bonds. The summed E-state index contributed by atoms with van der Waals surface area (Å²) in [4.78, 5) is 31.2. The van der Waals surface area contributed by atoms with Gasteiger partial charge in [0.1, 0.15) is 0 Å². The summed E-state index contributed by atoms with van der Waals surface area (Å²) >= 11 is 5.86. The first-order valence-corrected chi connectivity index (χ1v) is 10.0. The van der Waals surface area contributed by atoms with E-state index < -0.39 is 6.10 Å². The predicted octanol–water partition coefficient (Wildman–Crippen LogP) is 1.78. The largest absolute Gasteiger partial charge is 0.388 e. The molecule has 2 heterocycles. The highest BCUT2D eigenvalue weighted by Crippen LogP contribution is 2.24. The molecule has 2 aliphatic rings. The third kappa shape index (κ3) is 5.21. The number of hydrogen-bond donors (Lipinski definition) is 1. The van der Waals surface area contributed by atoms with Crippen LogP contribution >= 0.6 is 11.6 Å². The Hall–Kier alpha value is -1.63. The summed E-state index contributed by atoms with van der Waals surface area (Å²) < 4.78 is 0. The fourth-order valence-electron chi connectivity index (χ4n) is 3.76. The molecule has 2 fully saturated rings. The second-order valence-electron chi connectivity index (χ2n) is 7.56. The summed E-state index contributed by atoms with van der Waals surface area (Å²) in [5.74, 6) is 0.179. The van der Waals surface area contributed by atoms with Crippen LogP contribution in [0.5, 0.6) is 0 Å². The fraction of sp³-hybridized carbons (Fsp3) is 0.600. The predicted molar refractivity (Wildman–Crippen MR) is 104 cm³/mol. The lowest BCUT2D eigenvalue weighted by Gasteiger charge is -2.37. The molecule has 1 aromatic rings. The molecule has 0 saturated carbocycles. The Labute approximate surface area is 165 Å². The van der Waals surface area contributed by atoms with Crippen LogP contribution in [0.4, 0.5) is 0 Å². The standard InChI is InChI=1S/C20H28ClN3O3/c1-22-10-12-24(13-11-22)20(27)16-6-8-23(9-7-16)19(26)14-18(25)15-2-4-17(21)5-3-15/h2-5,16,18,25H,6-14H2,1H3. The van der Waals surface area contributed by atoms with Gasteiger partial charge in [-0.1, -0.05) is 23.7 Å². The number of benzene rings is 1. The minimum atomic E-state index is -0.834. The molecule has 1 aromatic carbocycles. The number of amides is 2. The third-order valence-electron chi connectivity index (χ3n) is 5.63. The average Bonchev–Trinajstić information content (AvgIpc) is 2.68. The van der Waals surface area contributed by atoms with Gasteiger partial charge in [-0.15, -0.1) is 0 Å². The number of halogens is 1. The van der Waals surface area contributed by atoms with Crippen LogP contribution in [0.1, 0.15) is 30.9 Å². The molecule has 6 nitrogen and oxygen atoms in total. The van der Waals surface area contributed by atoms with Gasteiger partial charge in [-0.2, -0.15) is 0 Å². The van der Waals surface area contributed by atoms with Gasteiger partial charge < -0.3 is 19.8 Å². The lowest BCUT2D eigenvalue weighted by atomic mass is 9.94. The second kappa shape index (κ2) is 9.04. The van der Waals surface area contributed by atoms with Crippen LogP contribution < -0.4 is 0 Å². The summed E-state index contributed by atoms with van der Waals surface area (Å²) in [5, 5.41) is 10.9. The zero-order valence-corrected chi connectivity index (χ0v) is 16.6. The van der Waals surface area contributed by atoms with E-state index in [1.165, 1.54) is 0 Å². The maximum Gasteiger partial charge on any atom is 0.225 e. The van der Waals surface area contributed by atoms with Crippen LogP contribution in [0.3, 0.4) is 0 Å². The molecule has 1 unspecified atom stereocenters. The van der Waals surface area contributed by atoms with Crippen LogP contribution in [0.2, 0.25) is 5.02 Å². The van der Waals surface area contributed by atoms with Crippen LogP contribution in [0.15, 0.2) is 24.3 Å². The quantitative estimate of drug-likeness (QED) is 0.846. The number of aliphatic hydroxyl groups excluding tert-OH is 1. The summed E-state index contributed by atoms with van der Waals surface area (Å²) in [6.45, 7) is 4.59. The van der Waals surface area contributed by atoms with Gasteiger partial charge in [-0.05, 0) is 37.6 Å². The fourth-order valence-corrected chi connectivity index (χ4v) is 3.88. The summed E-state index contributed by atoms with van der Waals surface area (Å²) in [6.07, 6.45) is 0.625. The van der Waals surface area contributed by atoms with Gasteiger partial charge in [-0.25, -0.2) is 0 Å². The molecule has 7 heteroatoms. The molecule has 0 radical (unpaired) electrons. The maximum absolute atomic E-state index is 12.7. The Morgan fingerprint density at radius 2 is 1.63 bits per heavy atom. The number of rotatable bonds is 4. The van der Waals surface area contributed by atoms with Crippen molar-refractivity contribution in [3.05, 3.63) is 34.9 Å². The van der Waals surface area contributed by atoms with Crippen molar-refractivity contribution >= 4 is 23.4 Å². The highest BCUT2D eigenvalue weighted by atomic mass is 35.5. The highest BCUT2D eigenvalue weighted by molar-refractivity contribution is 6.30. The minimum absolute atomic E-state index is 0.0126. The monoisotopic (exact) mass is 393 g/mol. The highest BCUT2D eigenvalue weighted by Gasteiger charge is 2.31. The van der Waals surface area contributed by atoms with Crippen LogP contribution in [-0.4, -0.2) is 77.9 Å². The zero-order valence-electron chi connectivity index (χ0n) is 15.8. The van der Waals surface area contributed by atoms with E-state index in [9.17, 15) is 14.7 Å². The minimum Gasteiger partial charge on any atom is -0.388 e. The summed E-state index contributed by atoms with van der Waals surface area (Å²) in [5.41, 5.74) is 0.688. The van der Waals surface area contributed by atoms with E-state index in [4.69, 9.17) is 11.6 Å². The van der Waals surface area contributed by atoms with Crippen molar-refractivity contribution < 1.29 is 14.7 Å². The molecule has 0 aliphatic carbocycles. The number of carbonyl (C=O) groups excluding carboxylic acids is 2. The molecule has 0 spiro atoms. The Kier molecular flexibility index (Phi) is 6.73. The van der Waals surface area contributed by atoms with Gasteiger partial charge in [0, 0.05) is 50.2 Å². The molecule has 3 rings (SSSR count). The number of piperazine rings is 1. The normalized spacial score (nSPS) is 20.6. The number of likely N-dealkylation sites (N-methyl/N-ethyl adjacent to an activating group) is 1. The van der Waals surface area contributed by atoms with Crippen molar-refractivity contribution in [2.45, 2.75) is 25.4 Å². The zero-order chi connectivity index (χ0) is 19.4. The van der Waals surface area contributed by atoms with Crippen molar-refractivity contribution in [3.63, 3.8) is 0 Å². The third-order valence-corrected chi connectivity index (χ3v) is 5.89. The van der Waals surface area contributed by atoms with Crippen LogP contribution in [-0.2, 0) is 9.59 Å². The van der Waals surface area contributed by atoms with Gasteiger partial charge in [-0.3, -0.25) is 9.59 Å². The number of piperidine rings is 1. The molecular weight excluding hydrogens is 366 g/mol. The number of carbonyl (C=O) groups is 2. The average molecular weight is 394 g/mol. The first-order chi connectivity index (χ1) is 12.9. The smallest absolute Gasteiger partial charge is 0.225 e. The van der Waals surface area contributed by atoms with E-state index in [0.29, 0.717) is 36.5 Å². The van der Waals surface area contributed by atoms with E-state index in [1.54, 1.807) is 29.2 Å². The maximum atomic E-state index is 12.7. The van der Waals surface area contributed by atoms with Gasteiger partial charge in [0.15, 0.2) is 0 Å². The lowest BCUT2D eigenvalue weighted by Crippen LogP contribution is -2.51. The van der Waals surface area contributed by atoms with Crippen LogP contribution in [0.25, 0.3) is 0 Å². The SMILES string of the molecule is CN1CCN(C(=O)C2CCN(C(=O)CC(O)c3ccc(Cl)cc3)CC2)CC1. The Morgan fingerprint density at radius 1 is 1.04 bits per heavy atom. The van der Waals surface area contributed by atoms with E-state index in [-0.39, 0.29) is 24.2 Å². The molecule has 2 saturated heterocycles. The molecular formula is C20H28ClN3O3. The van der Waals surface area contributed by atoms with E-state index in [1.807, 2.05) is 4.90 Å². The molecule has 1 N–H and O–H groups in total. The molecule has 27 heavy (non-hydrogen) atoms. The molecule has 0 bridgehead atoms. The number of aliphatic hydroxyl groups is 1. The van der Waals surface area contributed by atoms with E-state index in [0.717, 1.165) is 26.2 Å². The second-order valence-corrected chi connectivity index (χ2v) is 7.99. The Balaban J connectivity index is 1.46. The Morgan fingerprint density at radius 3 is 2.22 bits per heavy atom. The van der Waals surface area contributed by atoms with E-state index in [2.05, 4.69) is 11.9 Å². The van der Waals surface area contributed by atoms with Gasteiger partial charge >= 0.3 is 0 Å². The van der Waals surface area contributed by atoms with Crippen LogP contribution in [0, 0.1) is 5.92 Å². The summed E-state index contributed by atoms with van der Waals surface area (Å²) in [7, 11) is 2.07. The van der Waals surface area contributed by atoms with Gasteiger partial charge in [0.25, 0.3) is 0 Å². The van der Waals surface area contributed by atoms with E-state index >= 15 is 0 Å². The first-order valence-electron chi connectivity index (χ1n) is 9.62. The molecule has 0 aromatic heterocycles. The lowest BCUT2D eigenvalue weighted by molar-refractivity contribution is -0.142. The van der Waals surface area contributed by atoms with Crippen molar-refractivity contribution in [1.29, 1.82) is 0 Å². The number of hydrogen-bond acceptors (Lipinski definition) is 4. The Bertz CT molecular complexity index is 651. The van der Waals surface area contributed by atoms with Crippen molar-refractivity contribution in [3.8, 4) is 0 Å². The first kappa shape index (κ1) is 20.1.